The van der Waals surface area contributed by atoms with Crippen molar-refractivity contribution in [1.29, 1.82) is 0 Å². The molecule has 5 nitrogen and oxygen atoms in total. The van der Waals surface area contributed by atoms with E-state index in [1.165, 1.54) is 0 Å². The van der Waals surface area contributed by atoms with Gasteiger partial charge in [0.2, 0.25) is 5.16 Å². The van der Waals surface area contributed by atoms with E-state index in [-0.39, 0.29) is 0 Å². The van der Waals surface area contributed by atoms with E-state index in [9.17, 15) is 0 Å². The summed E-state index contributed by atoms with van der Waals surface area (Å²) < 4.78 is 7.03. The minimum absolute atomic E-state index is 0.763. The average Bonchev–Trinajstić information content (AvgIpc) is 3.05. The predicted molar refractivity (Wildman–Crippen MR) is 91.1 cm³/mol. The van der Waals surface area contributed by atoms with Crippen LogP contribution in [0.15, 0.2) is 64.9 Å². The molecule has 0 unspecified atom stereocenters. The Morgan fingerprint density at radius 3 is 2.48 bits per heavy atom. The van der Waals surface area contributed by atoms with Crippen molar-refractivity contribution in [3.8, 4) is 17.1 Å². The lowest BCUT2D eigenvalue weighted by atomic mass is 10.1. The molecule has 4 rings (SSSR count). The van der Waals surface area contributed by atoms with Gasteiger partial charge >= 0.3 is 0 Å². The van der Waals surface area contributed by atoms with Gasteiger partial charge in [-0.05, 0) is 29.8 Å². The highest BCUT2D eigenvalue weighted by Crippen LogP contribution is 2.28. The SMILES string of the molecule is COc1ccc(C2=Nn3c(nnc3-c3ccccc3)SC2)cc1. The van der Waals surface area contributed by atoms with Gasteiger partial charge in [0.25, 0.3) is 0 Å². The highest BCUT2D eigenvalue weighted by Gasteiger charge is 2.20. The van der Waals surface area contributed by atoms with Crippen molar-refractivity contribution in [2.24, 2.45) is 5.10 Å². The fourth-order valence-corrected chi connectivity index (χ4v) is 3.26. The van der Waals surface area contributed by atoms with Crippen LogP contribution >= 0.6 is 11.8 Å². The molecule has 3 aromatic rings. The smallest absolute Gasteiger partial charge is 0.212 e. The van der Waals surface area contributed by atoms with Crippen LogP contribution < -0.4 is 4.74 Å². The predicted octanol–water partition coefficient (Wildman–Crippen LogP) is 3.31. The molecule has 0 bridgehead atoms. The molecule has 0 radical (unpaired) electrons. The number of hydrogen-bond acceptors (Lipinski definition) is 5. The van der Waals surface area contributed by atoms with Gasteiger partial charge in [0.15, 0.2) is 5.82 Å². The van der Waals surface area contributed by atoms with Crippen LogP contribution in [0.4, 0.5) is 0 Å². The molecule has 0 spiro atoms. The molecule has 0 fully saturated rings. The van der Waals surface area contributed by atoms with E-state index in [4.69, 9.17) is 9.84 Å². The molecule has 0 N–H and O–H groups in total. The summed E-state index contributed by atoms with van der Waals surface area (Å²) in [5.74, 6) is 2.38. The summed E-state index contributed by atoms with van der Waals surface area (Å²) in [6.07, 6.45) is 0. The maximum Gasteiger partial charge on any atom is 0.212 e. The summed E-state index contributed by atoms with van der Waals surface area (Å²) >= 11 is 1.64. The van der Waals surface area contributed by atoms with Gasteiger partial charge in [-0.25, -0.2) is 0 Å². The number of nitrogens with zero attached hydrogens (tertiary/aromatic N) is 4. The van der Waals surface area contributed by atoms with E-state index in [1.807, 2.05) is 59.3 Å². The molecule has 0 aliphatic carbocycles. The molecule has 0 saturated carbocycles. The van der Waals surface area contributed by atoms with Crippen molar-refractivity contribution in [2.45, 2.75) is 5.16 Å². The van der Waals surface area contributed by atoms with Crippen molar-refractivity contribution in [2.75, 3.05) is 12.9 Å². The topological polar surface area (TPSA) is 52.3 Å². The van der Waals surface area contributed by atoms with E-state index in [1.54, 1.807) is 18.9 Å². The quantitative estimate of drug-likeness (QED) is 0.742. The molecular formula is C17H14N4OS. The van der Waals surface area contributed by atoms with Gasteiger partial charge in [0.1, 0.15) is 5.75 Å². The molecule has 0 saturated heterocycles. The number of fused-ring (bicyclic) bond motifs is 1. The maximum absolute atomic E-state index is 5.21. The summed E-state index contributed by atoms with van der Waals surface area (Å²) in [6, 6.07) is 17.9. The van der Waals surface area contributed by atoms with Gasteiger partial charge in [0, 0.05) is 11.3 Å². The Morgan fingerprint density at radius 1 is 0.957 bits per heavy atom. The molecule has 6 heteroatoms. The van der Waals surface area contributed by atoms with Crippen LogP contribution in [-0.4, -0.2) is 33.4 Å². The maximum atomic E-state index is 5.21. The molecule has 114 valence electrons. The third-order valence-corrected chi connectivity index (χ3v) is 4.56. The number of methoxy groups -OCH3 is 1. The molecule has 23 heavy (non-hydrogen) atoms. The first-order chi connectivity index (χ1) is 11.3. The second-order valence-electron chi connectivity index (χ2n) is 5.05. The van der Waals surface area contributed by atoms with Crippen LogP contribution in [0.2, 0.25) is 0 Å². The molecule has 1 aromatic heterocycles. The van der Waals surface area contributed by atoms with Gasteiger partial charge in [0.05, 0.1) is 12.8 Å². The van der Waals surface area contributed by atoms with Gasteiger partial charge in [-0.15, -0.1) is 10.2 Å². The minimum Gasteiger partial charge on any atom is -0.497 e. The van der Waals surface area contributed by atoms with Crippen molar-refractivity contribution in [3.63, 3.8) is 0 Å². The zero-order valence-corrected chi connectivity index (χ0v) is 13.3. The summed E-state index contributed by atoms with van der Waals surface area (Å²) in [5, 5.41) is 14.1. The van der Waals surface area contributed by atoms with E-state index in [0.717, 1.165) is 39.3 Å². The Kier molecular flexibility index (Phi) is 3.59. The standard InChI is InChI=1S/C17H14N4OS/c1-22-14-9-7-12(8-10-14)15-11-23-17-19-18-16(21(17)20-15)13-5-3-2-4-6-13/h2-10H,11H2,1H3. The van der Waals surface area contributed by atoms with Gasteiger partial charge in [-0.3, -0.25) is 0 Å². The highest BCUT2D eigenvalue weighted by atomic mass is 32.2. The van der Waals surface area contributed by atoms with E-state index < -0.39 is 0 Å². The molecule has 0 amide bonds. The van der Waals surface area contributed by atoms with Crippen LogP contribution in [0.1, 0.15) is 5.56 Å². The Balaban J connectivity index is 1.75. The van der Waals surface area contributed by atoms with Crippen molar-refractivity contribution in [3.05, 3.63) is 60.2 Å². The largest absolute Gasteiger partial charge is 0.497 e. The summed E-state index contributed by atoms with van der Waals surface area (Å²) in [7, 11) is 1.67. The monoisotopic (exact) mass is 322 g/mol. The van der Waals surface area contributed by atoms with E-state index >= 15 is 0 Å². The Bertz CT molecular complexity index is 856. The molecule has 1 aliphatic rings. The van der Waals surface area contributed by atoms with Crippen LogP contribution in [-0.2, 0) is 0 Å². The van der Waals surface area contributed by atoms with Crippen LogP contribution in [0, 0.1) is 0 Å². The minimum atomic E-state index is 0.763. The lowest BCUT2D eigenvalue weighted by molar-refractivity contribution is 0.415. The van der Waals surface area contributed by atoms with Gasteiger partial charge in [-0.1, -0.05) is 42.1 Å². The third kappa shape index (κ3) is 2.61. The van der Waals surface area contributed by atoms with Crippen LogP contribution in [0.5, 0.6) is 5.75 Å². The second kappa shape index (κ2) is 5.89. The highest BCUT2D eigenvalue weighted by molar-refractivity contribution is 7.99. The van der Waals surface area contributed by atoms with E-state index in [2.05, 4.69) is 10.2 Å². The summed E-state index contributed by atoms with van der Waals surface area (Å²) in [4.78, 5) is 0. The zero-order chi connectivity index (χ0) is 15.6. The number of rotatable bonds is 3. The lowest BCUT2D eigenvalue weighted by Gasteiger charge is -2.14. The Hall–Kier alpha value is -2.60. The second-order valence-corrected chi connectivity index (χ2v) is 5.99. The number of ether oxygens (including phenoxy) is 1. The van der Waals surface area contributed by atoms with Crippen LogP contribution in [0.25, 0.3) is 11.4 Å². The number of thioether (sulfide) groups is 1. The van der Waals surface area contributed by atoms with Crippen molar-refractivity contribution < 1.29 is 4.74 Å². The number of aromatic nitrogens is 3. The summed E-state index contributed by atoms with van der Waals surface area (Å²) in [6.45, 7) is 0. The molecule has 0 atom stereocenters. The van der Waals surface area contributed by atoms with Crippen LogP contribution in [0.3, 0.4) is 0 Å². The zero-order valence-electron chi connectivity index (χ0n) is 12.5. The lowest BCUT2D eigenvalue weighted by Crippen LogP contribution is -2.13. The first-order valence-corrected chi connectivity index (χ1v) is 8.19. The first-order valence-electron chi connectivity index (χ1n) is 7.21. The fraction of sp³-hybridized carbons (Fsp3) is 0.118. The molecule has 2 heterocycles. The van der Waals surface area contributed by atoms with Gasteiger partial charge in [-0.2, -0.15) is 9.78 Å². The van der Waals surface area contributed by atoms with Crippen molar-refractivity contribution in [1.82, 2.24) is 14.9 Å². The fourth-order valence-electron chi connectivity index (χ4n) is 2.42. The Labute approximate surface area is 138 Å². The third-order valence-electron chi connectivity index (χ3n) is 3.63. The summed E-state index contributed by atoms with van der Waals surface area (Å²) in [5.41, 5.74) is 3.09. The first kappa shape index (κ1) is 14.0. The molecular weight excluding hydrogens is 308 g/mol. The number of hydrogen-bond donors (Lipinski definition) is 0. The normalized spacial score (nSPS) is 13.3. The van der Waals surface area contributed by atoms with E-state index in [0.29, 0.717) is 0 Å². The molecule has 2 aromatic carbocycles. The van der Waals surface area contributed by atoms with Crippen molar-refractivity contribution >= 4 is 17.5 Å². The Morgan fingerprint density at radius 2 is 1.74 bits per heavy atom. The average molecular weight is 322 g/mol. The van der Waals surface area contributed by atoms with Gasteiger partial charge < -0.3 is 4.74 Å². The molecule has 1 aliphatic heterocycles. The number of benzene rings is 2.